The third-order valence-electron chi connectivity index (χ3n) is 3.46. The van der Waals surface area contributed by atoms with Crippen LogP contribution < -0.4 is 5.32 Å². The van der Waals surface area contributed by atoms with Crippen molar-refractivity contribution in [1.82, 2.24) is 14.8 Å². The molecule has 1 heterocycles. The molecular weight excluding hydrogens is 363 g/mol. The minimum Gasteiger partial charge on any atom is -0.386 e. The first-order valence-electron chi connectivity index (χ1n) is 7.42. The van der Waals surface area contributed by atoms with Gasteiger partial charge in [-0.25, -0.2) is 9.67 Å². The number of aliphatic hydroxyl groups excluding tert-OH is 1. The Hall–Kier alpha value is -2.41. The number of hydrogen-bond acceptors (Lipinski definition) is 4. The van der Waals surface area contributed by atoms with Gasteiger partial charge in [0.1, 0.15) is 6.33 Å². The quantitative estimate of drug-likeness (QED) is 0.713. The number of rotatable bonds is 5. The van der Waals surface area contributed by atoms with E-state index in [0.29, 0.717) is 15.7 Å². The monoisotopic (exact) mass is 376 g/mol. The van der Waals surface area contributed by atoms with Crippen LogP contribution in [0, 0.1) is 0 Å². The van der Waals surface area contributed by atoms with Gasteiger partial charge in [0.2, 0.25) is 5.82 Å². The van der Waals surface area contributed by atoms with E-state index in [4.69, 9.17) is 23.2 Å². The molecule has 0 bridgehead atoms. The fraction of sp³-hybridized carbons (Fsp3) is 0.118. The highest BCUT2D eigenvalue weighted by molar-refractivity contribution is 6.42. The summed E-state index contributed by atoms with van der Waals surface area (Å²) < 4.78 is 1.42. The SMILES string of the molecule is O=C(Nc1ccc(Cl)c(Cl)c1)c1ncn(C[C@@H](O)c2ccccc2)n1. The highest BCUT2D eigenvalue weighted by Gasteiger charge is 2.14. The van der Waals surface area contributed by atoms with E-state index >= 15 is 0 Å². The van der Waals surface area contributed by atoms with Gasteiger partial charge in [-0.3, -0.25) is 4.79 Å². The second-order valence-electron chi connectivity index (χ2n) is 5.30. The van der Waals surface area contributed by atoms with E-state index in [-0.39, 0.29) is 12.4 Å². The van der Waals surface area contributed by atoms with E-state index in [9.17, 15) is 9.90 Å². The normalized spacial score (nSPS) is 12.0. The second-order valence-corrected chi connectivity index (χ2v) is 6.11. The summed E-state index contributed by atoms with van der Waals surface area (Å²) in [6.45, 7) is 0.192. The maximum atomic E-state index is 12.2. The average Bonchev–Trinajstić information content (AvgIpc) is 3.07. The first-order chi connectivity index (χ1) is 12.0. The fourth-order valence-corrected chi connectivity index (χ4v) is 2.50. The van der Waals surface area contributed by atoms with Crippen LogP contribution in [-0.4, -0.2) is 25.8 Å². The zero-order valence-electron chi connectivity index (χ0n) is 12.9. The summed E-state index contributed by atoms with van der Waals surface area (Å²) in [5.41, 5.74) is 1.25. The summed E-state index contributed by atoms with van der Waals surface area (Å²) in [4.78, 5) is 16.2. The van der Waals surface area contributed by atoms with Crippen molar-refractivity contribution in [2.45, 2.75) is 12.6 Å². The average molecular weight is 377 g/mol. The molecule has 0 fully saturated rings. The summed E-state index contributed by atoms with van der Waals surface area (Å²) in [5.74, 6) is -0.488. The molecule has 0 saturated heterocycles. The van der Waals surface area contributed by atoms with Crippen molar-refractivity contribution in [2.24, 2.45) is 0 Å². The van der Waals surface area contributed by atoms with Crippen LogP contribution in [0.4, 0.5) is 5.69 Å². The first-order valence-corrected chi connectivity index (χ1v) is 8.17. The van der Waals surface area contributed by atoms with Gasteiger partial charge in [-0.15, -0.1) is 5.10 Å². The van der Waals surface area contributed by atoms with Crippen LogP contribution in [0.3, 0.4) is 0 Å². The summed E-state index contributed by atoms with van der Waals surface area (Å²) in [6.07, 6.45) is 0.657. The van der Waals surface area contributed by atoms with Gasteiger partial charge in [0.05, 0.1) is 22.7 Å². The molecule has 6 nitrogen and oxygen atoms in total. The number of carbonyl (C=O) groups excluding carboxylic acids is 1. The summed E-state index contributed by atoms with van der Waals surface area (Å²) in [7, 11) is 0. The Morgan fingerprint density at radius 3 is 2.64 bits per heavy atom. The van der Waals surface area contributed by atoms with Gasteiger partial charge in [-0.2, -0.15) is 0 Å². The molecule has 128 valence electrons. The van der Waals surface area contributed by atoms with E-state index in [1.54, 1.807) is 12.1 Å². The van der Waals surface area contributed by atoms with Crippen molar-refractivity contribution in [3.05, 3.63) is 76.3 Å². The summed E-state index contributed by atoms with van der Waals surface area (Å²) in [6, 6.07) is 13.9. The fourth-order valence-electron chi connectivity index (χ4n) is 2.21. The number of nitrogens with zero attached hydrogens (tertiary/aromatic N) is 3. The standard InChI is InChI=1S/C17H14Cl2N4O2/c18-13-7-6-12(8-14(13)19)21-17(25)16-20-10-23(22-16)9-15(24)11-4-2-1-3-5-11/h1-8,10,15,24H,9H2,(H,21,25)/t15-/m1/s1. The van der Waals surface area contributed by atoms with Crippen LogP contribution in [0.5, 0.6) is 0 Å². The largest absolute Gasteiger partial charge is 0.386 e. The van der Waals surface area contributed by atoms with Gasteiger partial charge in [0, 0.05) is 5.69 Å². The maximum Gasteiger partial charge on any atom is 0.295 e. The maximum absolute atomic E-state index is 12.2. The molecule has 3 rings (SSSR count). The number of aromatic nitrogens is 3. The Labute approximate surface area is 154 Å². The minimum atomic E-state index is -0.742. The Morgan fingerprint density at radius 1 is 1.16 bits per heavy atom. The van der Waals surface area contributed by atoms with Crippen LogP contribution >= 0.6 is 23.2 Å². The summed E-state index contributed by atoms with van der Waals surface area (Å²) in [5, 5.41) is 17.7. The predicted molar refractivity (Wildman–Crippen MR) is 95.8 cm³/mol. The molecule has 0 unspecified atom stereocenters. The van der Waals surface area contributed by atoms with Crippen LogP contribution in [0.1, 0.15) is 22.3 Å². The molecule has 0 radical (unpaired) electrons. The van der Waals surface area contributed by atoms with Gasteiger partial charge in [-0.1, -0.05) is 53.5 Å². The number of carbonyl (C=O) groups is 1. The number of aliphatic hydroxyl groups is 1. The van der Waals surface area contributed by atoms with Crippen molar-refractivity contribution in [2.75, 3.05) is 5.32 Å². The zero-order valence-corrected chi connectivity index (χ0v) is 14.4. The minimum absolute atomic E-state index is 0.00802. The Morgan fingerprint density at radius 2 is 1.92 bits per heavy atom. The van der Waals surface area contributed by atoms with Crippen LogP contribution in [0.2, 0.25) is 10.0 Å². The molecular formula is C17H14Cl2N4O2. The molecule has 8 heteroatoms. The third-order valence-corrected chi connectivity index (χ3v) is 4.20. The number of nitrogens with one attached hydrogen (secondary N) is 1. The van der Waals surface area contributed by atoms with Crippen LogP contribution in [0.25, 0.3) is 0 Å². The molecule has 0 spiro atoms. The Balaban J connectivity index is 1.66. The Bertz CT molecular complexity index is 883. The van der Waals surface area contributed by atoms with Crippen molar-refractivity contribution in [3.63, 3.8) is 0 Å². The van der Waals surface area contributed by atoms with Gasteiger partial charge in [-0.05, 0) is 23.8 Å². The molecule has 3 aromatic rings. The molecule has 0 aliphatic carbocycles. The second kappa shape index (κ2) is 7.65. The number of benzene rings is 2. The molecule has 1 amide bonds. The molecule has 2 aromatic carbocycles. The lowest BCUT2D eigenvalue weighted by atomic mass is 10.1. The van der Waals surface area contributed by atoms with E-state index in [0.717, 1.165) is 5.56 Å². The lowest BCUT2D eigenvalue weighted by Gasteiger charge is -2.10. The van der Waals surface area contributed by atoms with Crippen molar-refractivity contribution < 1.29 is 9.90 Å². The number of amides is 1. The smallest absolute Gasteiger partial charge is 0.295 e. The van der Waals surface area contributed by atoms with Gasteiger partial charge in [0.15, 0.2) is 0 Å². The van der Waals surface area contributed by atoms with Gasteiger partial charge in [0.25, 0.3) is 5.91 Å². The zero-order chi connectivity index (χ0) is 17.8. The number of halogens is 2. The topological polar surface area (TPSA) is 80.0 Å². The molecule has 0 aliphatic heterocycles. The molecule has 25 heavy (non-hydrogen) atoms. The third kappa shape index (κ3) is 4.36. The first kappa shape index (κ1) is 17.4. The van der Waals surface area contributed by atoms with E-state index in [1.165, 1.54) is 17.1 Å². The van der Waals surface area contributed by atoms with Crippen molar-refractivity contribution in [1.29, 1.82) is 0 Å². The van der Waals surface area contributed by atoms with Crippen molar-refractivity contribution >= 4 is 34.8 Å². The van der Waals surface area contributed by atoms with Crippen LogP contribution in [0.15, 0.2) is 54.9 Å². The molecule has 1 atom stereocenters. The predicted octanol–water partition coefficient (Wildman–Crippen LogP) is 3.57. The number of anilines is 1. The molecule has 1 aromatic heterocycles. The lowest BCUT2D eigenvalue weighted by molar-refractivity contribution is 0.101. The van der Waals surface area contributed by atoms with Gasteiger partial charge < -0.3 is 10.4 Å². The van der Waals surface area contributed by atoms with E-state index < -0.39 is 12.0 Å². The molecule has 2 N–H and O–H groups in total. The van der Waals surface area contributed by atoms with Gasteiger partial charge >= 0.3 is 0 Å². The Kier molecular flexibility index (Phi) is 5.33. The van der Waals surface area contributed by atoms with Crippen molar-refractivity contribution in [3.8, 4) is 0 Å². The molecule has 0 saturated carbocycles. The summed E-state index contributed by atoms with van der Waals surface area (Å²) >= 11 is 11.8. The van der Waals surface area contributed by atoms with E-state index in [2.05, 4.69) is 15.4 Å². The molecule has 0 aliphatic rings. The highest BCUT2D eigenvalue weighted by Crippen LogP contribution is 2.25. The van der Waals surface area contributed by atoms with Crippen LogP contribution in [-0.2, 0) is 6.54 Å². The van der Waals surface area contributed by atoms with E-state index in [1.807, 2.05) is 30.3 Å². The number of hydrogen-bond donors (Lipinski definition) is 2. The lowest BCUT2D eigenvalue weighted by Crippen LogP contribution is -2.15. The highest BCUT2D eigenvalue weighted by atomic mass is 35.5.